The zero-order valence-corrected chi connectivity index (χ0v) is 13.0. The summed E-state index contributed by atoms with van der Waals surface area (Å²) in [6.45, 7) is 10.3. The van der Waals surface area contributed by atoms with Crippen molar-refractivity contribution in [2.24, 2.45) is 11.3 Å². The summed E-state index contributed by atoms with van der Waals surface area (Å²) in [5.41, 5.74) is 1.39. The Hall–Kier alpha value is -0.890. The molecule has 0 N–H and O–H groups in total. The molecule has 1 aromatic rings. The van der Waals surface area contributed by atoms with Gasteiger partial charge in [-0.25, -0.2) is 0 Å². The molecule has 2 rings (SSSR count). The van der Waals surface area contributed by atoms with Crippen LogP contribution in [0.15, 0.2) is 18.2 Å². The fourth-order valence-corrected chi connectivity index (χ4v) is 2.46. The molecule has 0 aliphatic carbocycles. The summed E-state index contributed by atoms with van der Waals surface area (Å²) in [4.78, 5) is 0. The van der Waals surface area contributed by atoms with Gasteiger partial charge in [-0.2, -0.15) is 0 Å². The third-order valence-corrected chi connectivity index (χ3v) is 4.40. The molecule has 2 atom stereocenters. The van der Waals surface area contributed by atoms with Crippen LogP contribution >= 0.6 is 11.6 Å². The number of hydrogen-bond acceptors (Lipinski definition) is 2. The second-order valence-electron chi connectivity index (χ2n) is 6.37. The molecule has 0 radical (unpaired) electrons. The lowest BCUT2D eigenvalue weighted by atomic mass is 9.79. The molecule has 0 fully saturated rings. The van der Waals surface area contributed by atoms with Crippen LogP contribution in [0.3, 0.4) is 0 Å². The highest BCUT2D eigenvalue weighted by atomic mass is 35.5. The monoisotopic (exact) mass is 282 g/mol. The highest BCUT2D eigenvalue weighted by Crippen LogP contribution is 2.39. The Labute approximate surface area is 121 Å². The van der Waals surface area contributed by atoms with Gasteiger partial charge in [-0.05, 0) is 35.4 Å². The van der Waals surface area contributed by atoms with E-state index >= 15 is 0 Å². The number of fused-ring (bicyclic) bond motifs is 1. The molecule has 19 heavy (non-hydrogen) atoms. The van der Waals surface area contributed by atoms with Gasteiger partial charge >= 0.3 is 0 Å². The van der Waals surface area contributed by atoms with Crippen molar-refractivity contribution in [1.29, 1.82) is 0 Å². The van der Waals surface area contributed by atoms with Crippen molar-refractivity contribution >= 4 is 11.6 Å². The first-order valence-corrected chi connectivity index (χ1v) is 7.35. The molecule has 0 bridgehead atoms. The van der Waals surface area contributed by atoms with Gasteiger partial charge in [0.1, 0.15) is 13.2 Å². The Kier molecular flexibility index (Phi) is 4.29. The lowest BCUT2D eigenvalue weighted by Crippen LogP contribution is -2.19. The van der Waals surface area contributed by atoms with Crippen molar-refractivity contribution in [2.75, 3.05) is 13.2 Å². The molecule has 0 spiro atoms. The molecule has 0 saturated heterocycles. The summed E-state index contributed by atoms with van der Waals surface area (Å²) < 4.78 is 11.1. The van der Waals surface area contributed by atoms with Crippen LogP contribution in [0.1, 0.15) is 45.1 Å². The molecule has 1 aromatic carbocycles. The van der Waals surface area contributed by atoms with Crippen LogP contribution in [-0.2, 0) is 0 Å². The van der Waals surface area contributed by atoms with Crippen molar-refractivity contribution in [2.45, 2.75) is 39.5 Å². The van der Waals surface area contributed by atoms with Crippen LogP contribution in [0.4, 0.5) is 0 Å². The van der Waals surface area contributed by atoms with Crippen molar-refractivity contribution in [3.63, 3.8) is 0 Å². The summed E-state index contributed by atoms with van der Waals surface area (Å²) in [6, 6.07) is 6.02. The van der Waals surface area contributed by atoms with Gasteiger partial charge in [0.25, 0.3) is 0 Å². The Bertz CT molecular complexity index is 437. The molecule has 1 heterocycles. The van der Waals surface area contributed by atoms with Gasteiger partial charge in [0.05, 0.1) is 5.38 Å². The minimum Gasteiger partial charge on any atom is -0.486 e. The largest absolute Gasteiger partial charge is 0.486 e. The maximum atomic E-state index is 6.55. The van der Waals surface area contributed by atoms with E-state index < -0.39 is 0 Å². The van der Waals surface area contributed by atoms with Crippen molar-refractivity contribution < 1.29 is 9.47 Å². The second-order valence-corrected chi connectivity index (χ2v) is 6.90. The highest BCUT2D eigenvalue weighted by Gasteiger charge is 2.24. The molecular formula is C16H23ClO2. The number of rotatable bonds is 3. The quantitative estimate of drug-likeness (QED) is 0.741. The SMILES string of the molecule is CC(CC(Cl)c1ccc2c(c1)OCCO2)C(C)(C)C. The maximum absolute atomic E-state index is 6.55. The van der Waals surface area contributed by atoms with E-state index in [-0.39, 0.29) is 10.8 Å². The van der Waals surface area contributed by atoms with Crippen molar-refractivity contribution in [1.82, 2.24) is 0 Å². The fraction of sp³-hybridized carbons (Fsp3) is 0.625. The molecule has 0 amide bonds. The lowest BCUT2D eigenvalue weighted by Gasteiger charge is -2.29. The second kappa shape index (κ2) is 5.62. The van der Waals surface area contributed by atoms with Crippen molar-refractivity contribution in [3.8, 4) is 11.5 Å². The number of halogens is 1. The summed E-state index contributed by atoms with van der Waals surface area (Å²) in [5.74, 6) is 2.20. The van der Waals surface area contributed by atoms with Gasteiger partial charge < -0.3 is 9.47 Å². The first-order chi connectivity index (χ1) is 8.88. The first-order valence-electron chi connectivity index (χ1n) is 6.91. The zero-order valence-electron chi connectivity index (χ0n) is 12.2. The molecule has 1 aliphatic rings. The minimum atomic E-state index is 0.0186. The number of ether oxygens (including phenoxy) is 2. The molecule has 2 unspecified atom stereocenters. The van der Waals surface area contributed by atoms with Crippen LogP contribution in [0, 0.1) is 11.3 Å². The third-order valence-electron chi connectivity index (χ3n) is 3.97. The summed E-state index contributed by atoms with van der Waals surface area (Å²) in [7, 11) is 0. The van der Waals surface area contributed by atoms with Crippen LogP contribution in [0.25, 0.3) is 0 Å². The van der Waals surface area contributed by atoms with E-state index in [1.165, 1.54) is 0 Å². The molecule has 2 nitrogen and oxygen atoms in total. The third kappa shape index (κ3) is 3.56. The number of benzene rings is 1. The van der Waals surface area contributed by atoms with Crippen LogP contribution < -0.4 is 9.47 Å². The van der Waals surface area contributed by atoms with Gasteiger partial charge in [0.2, 0.25) is 0 Å². The normalized spacial score (nSPS) is 17.9. The summed E-state index contributed by atoms with van der Waals surface area (Å²) >= 11 is 6.55. The number of alkyl halides is 1. The summed E-state index contributed by atoms with van der Waals surface area (Å²) in [5, 5.41) is 0.0186. The average Bonchev–Trinajstić information content (AvgIpc) is 2.37. The van der Waals surface area contributed by atoms with Gasteiger partial charge in [-0.3, -0.25) is 0 Å². The molecule has 0 saturated carbocycles. The highest BCUT2D eigenvalue weighted by molar-refractivity contribution is 6.20. The van der Waals surface area contributed by atoms with E-state index in [9.17, 15) is 0 Å². The molecule has 0 aromatic heterocycles. The van der Waals surface area contributed by atoms with Crippen LogP contribution in [0.2, 0.25) is 0 Å². The lowest BCUT2D eigenvalue weighted by molar-refractivity contribution is 0.171. The minimum absolute atomic E-state index is 0.0186. The van der Waals surface area contributed by atoms with Crippen LogP contribution in [0.5, 0.6) is 11.5 Å². The van der Waals surface area contributed by atoms with E-state index in [0.29, 0.717) is 19.1 Å². The summed E-state index contributed by atoms with van der Waals surface area (Å²) in [6.07, 6.45) is 0.963. The predicted molar refractivity (Wildman–Crippen MR) is 79.3 cm³/mol. The Morgan fingerprint density at radius 3 is 2.42 bits per heavy atom. The standard InChI is InChI=1S/C16H23ClO2/c1-11(16(2,3)4)9-13(17)12-5-6-14-15(10-12)19-8-7-18-14/h5-6,10-11,13H,7-9H2,1-4H3. The topological polar surface area (TPSA) is 18.5 Å². The molecule has 106 valence electrons. The average molecular weight is 283 g/mol. The maximum Gasteiger partial charge on any atom is 0.161 e. The van der Waals surface area contributed by atoms with E-state index in [0.717, 1.165) is 23.5 Å². The number of hydrogen-bond donors (Lipinski definition) is 0. The first kappa shape index (κ1) is 14.5. The Morgan fingerprint density at radius 2 is 1.79 bits per heavy atom. The van der Waals surface area contributed by atoms with E-state index in [1.54, 1.807) is 0 Å². The Balaban J connectivity index is 2.09. The predicted octanol–water partition coefficient (Wildman–Crippen LogP) is 4.81. The van der Waals surface area contributed by atoms with Gasteiger partial charge in [0.15, 0.2) is 11.5 Å². The van der Waals surface area contributed by atoms with Gasteiger partial charge in [-0.1, -0.05) is 33.8 Å². The molecule has 3 heteroatoms. The smallest absolute Gasteiger partial charge is 0.161 e. The van der Waals surface area contributed by atoms with Crippen molar-refractivity contribution in [3.05, 3.63) is 23.8 Å². The van der Waals surface area contributed by atoms with E-state index in [4.69, 9.17) is 21.1 Å². The van der Waals surface area contributed by atoms with Crippen LogP contribution in [-0.4, -0.2) is 13.2 Å². The molecule has 1 aliphatic heterocycles. The molecular weight excluding hydrogens is 260 g/mol. The zero-order chi connectivity index (χ0) is 14.0. The van der Waals surface area contributed by atoms with E-state index in [2.05, 4.69) is 27.7 Å². The fourth-order valence-electron chi connectivity index (χ4n) is 2.05. The van der Waals surface area contributed by atoms with E-state index in [1.807, 2.05) is 18.2 Å². The van der Waals surface area contributed by atoms with Gasteiger partial charge in [0, 0.05) is 0 Å². The Morgan fingerprint density at radius 1 is 1.16 bits per heavy atom. The van der Waals surface area contributed by atoms with Gasteiger partial charge in [-0.15, -0.1) is 11.6 Å².